The predicted octanol–water partition coefficient (Wildman–Crippen LogP) is 0.816. The van der Waals surface area contributed by atoms with Gasteiger partial charge in [0.15, 0.2) is 4.90 Å². The Hall–Kier alpha value is -2.04. The molecule has 0 saturated carbocycles. The summed E-state index contributed by atoms with van der Waals surface area (Å²) in [4.78, 5) is 23.9. The number of carbonyl (C=O) groups is 1. The molecule has 1 N–H and O–H groups in total. The van der Waals surface area contributed by atoms with Crippen molar-refractivity contribution in [2.75, 3.05) is 32.7 Å². The van der Waals surface area contributed by atoms with Gasteiger partial charge >= 0.3 is 0 Å². The number of nitro groups is 1. The number of carbonyl (C=O) groups excluding carboxylic acids is 1. The highest BCUT2D eigenvalue weighted by Crippen LogP contribution is 2.26. The van der Waals surface area contributed by atoms with Crippen LogP contribution in [0.3, 0.4) is 0 Å². The fourth-order valence-corrected chi connectivity index (χ4v) is 4.30. The predicted molar refractivity (Wildman–Crippen MR) is 96.2 cm³/mol. The maximum atomic E-state index is 12.7. The molecular formula is C16H24N4O5S. The van der Waals surface area contributed by atoms with E-state index >= 15 is 0 Å². The standard InChI is InChI=1S/C16H24N4O5S/c1-3-13(2)17-16(21)12-18-8-10-19(11-9-18)26(24,25)15-7-5-4-6-14(15)20(22)23/h4-7,13H,3,8-12H2,1-2H3,(H,17,21)/t13-/m1/s1. The van der Waals surface area contributed by atoms with Crippen LogP contribution in [-0.4, -0.2) is 67.2 Å². The maximum Gasteiger partial charge on any atom is 0.289 e. The summed E-state index contributed by atoms with van der Waals surface area (Å²) in [5, 5.41) is 14.0. The third kappa shape index (κ3) is 4.77. The molecule has 1 aromatic carbocycles. The Morgan fingerprint density at radius 1 is 1.27 bits per heavy atom. The summed E-state index contributed by atoms with van der Waals surface area (Å²) in [6.07, 6.45) is 0.841. The summed E-state index contributed by atoms with van der Waals surface area (Å²) in [5.74, 6) is -0.0886. The number of piperazine rings is 1. The van der Waals surface area contributed by atoms with Gasteiger partial charge in [-0.05, 0) is 19.4 Å². The van der Waals surface area contributed by atoms with Crippen LogP contribution < -0.4 is 5.32 Å². The van der Waals surface area contributed by atoms with Gasteiger partial charge in [0.1, 0.15) is 0 Å². The van der Waals surface area contributed by atoms with Gasteiger partial charge in [0.05, 0.1) is 11.5 Å². The van der Waals surface area contributed by atoms with Crippen molar-refractivity contribution >= 4 is 21.6 Å². The molecule has 2 rings (SSSR count). The normalized spacial score (nSPS) is 17.6. The molecule has 1 amide bonds. The number of hydrogen-bond acceptors (Lipinski definition) is 6. The molecule has 26 heavy (non-hydrogen) atoms. The number of para-hydroxylation sites is 1. The van der Waals surface area contributed by atoms with Crippen LogP contribution in [0.2, 0.25) is 0 Å². The van der Waals surface area contributed by atoms with Crippen LogP contribution in [0, 0.1) is 10.1 Å². The lowest BCUT2D eigenvalue weighted by molar-refractivity contribution is -0.387. The number of rotatable bonds is 7. The molecule has 1 saturated heterocycles. The van der Waals surface area contributed by atoms with E-state index in [4.69, 9.17) is 0 Å². The van der Waals surface area contributed by atoms with E-state index in [0.717, 1.165) is 6.42 Å². The number of hydrogen-bond donors (Lipinski definition) is 1. The molecule has 0 aromatic heterocycles. The average Bonchev–Trinajstić information content (AvgIpc) is 2.61. The topological polar surface area (TPSA) is 113 Å². The number of benzene rings is 1. The Bertz CT molecular complexity index is 760. The highest BCUT2D eigenvalue weighted by molar-refractivity contribution is 7.89. The Morgan fingerprint density at radius 2 is 1.88 bits per heavy atom. The van der Waals surface area contributed by atoms with Crippen molar-refractivity contribution in [3.8, 4) is 0 Å². The second-order valence-electron chi connectivity index (χ2n) is 6.28. The van der Waals surface area contributed by atoms with Gasteiger partial charge in [-0.2, -0.15) is 4.31 Å². The zero-order chi connectivity index (χ0) is 19.3. The smallest absolute Gasteiger partial charge is 0.289 e. The van der Waals surface area contributed by atoms with E-state index in [9.17, 15) is 23.3 Å². The lowest BCUT2D eigenvalue weighted by atomic mass is 10.2. The van der Waals surface area contributed by atoms with Crippen molar-refractivity contribution in [1.82, 2.24) is 14.5 Å². The van der Waals surface area contributed by atoms with Gasteiger partial charge in [0.2, 0.25) is 15.9 Å². The van der Waals surface area contributed by atoms with Crippen LogP contribution in [0.4, 0.5) is 5.69 Å². The van der Waals surface area contributed by atoms with E-state index in [2.05, 4.69) is 5.32 Å². The monoisotopic (exact) mass is 384 g/mol. The Kier molecular flexibility index (Phi) is 6.68. The summed E-state index contributed by atoms with van der Waals surface area (Å²) < 4.78 is 26.7. The van der Waals surface area contributed by atoms with Crippen molar-refractivity contribution in [2.45, 2.75) is 31.2 Å². The van der Waals surface area contributed by atoms with Crippen LogP contribution in [-0.2, 0) is 14.8 Å². The van der Waals surface area contributed by atoms with E-state index in [1.54, 1.807) is 0 Å². The van der Waals surface area contributed by atoms with Gasteiger partial charge in [-0.15, -0.1) is 0 Å². The average molecular weight is 384 g/mol. The summed E-state index contributed by atoms with van der Waals surface area (Å²) in [6, 6.07) is 5.44. The van der Waals surface area contributed by atoms with Crippen molar-refractivity contribution < 1.29 is 18.1 Å². The minimum Gasteiger partial charge on any atom is -0.353 e. The van der Waals surface area contributed by atoms with Gasteiger partial charge in [-0.3, -0.25) is 19.8 Å². The zero-order valence-electron chi connectivity index (χ0n) is 14.9. The minimum atomic E-state index is -3.95. The van der Waals surface area contributed by atoms with Crippen LogP contribution >= 0.6 is 0 Å². The molecule has 1 heterocycles. The second kappa shape index (κ2) is 8.56. The molecule has 1 fully saturated rings. The lowest BCUT2D eigenvalue weighted by Crippen LogP contribution is -2.51. The molecule has 1 aliphatic heterocycles. The van der Waals surface area contributed by atoms with Crippen LogP contribution in [0.25, 0.3) is 0 Å². The van der Waals surface area contributed by atoms with Gasteiger partial charge in [-0.1, -0.05) is 19.1 Å². The molecule has 1 aliphatic rings. The molecule has 0 aliphatic carbocycles. The molecule has 0 radical (unpaired) electrons. The number of sulfonamides is 1. The first kappa shape index (κ1) is 20.3. The molecule has 0 unspecified atom stereocenters. The molecule has 10 heteroatoms. The fraction of sp³-hybridized carbons (Fsp3) is 0.562. The molecule has 1 atom stereocenters. The van der Waals surface area contributed by atoms with Crippen molar-refractivity contribution in [1.29, 1.82) is 0 Å². The summed E-state index contributed by atoms with van der Waals surface area (Å²) >= 11 is 0. The first-order valence-electron chi connectivity index (χ1n) is 8.51. The maximum absolute atomic E-state index is 12.7. The largest absolute Gasteiger partial charge is 0.353 e. The first-order chi connectivity index (χ1) is 12.3. The lowest BCUT2D eigenvalue weighted by Gasteiger charge is -2.33. The number of nitro benzene ring substituents is 1. The minimum absolute atomic E-state index is 0.0886. The Balaban J connectivity index is 2.01. The van der Waals surface area contributed by atoms with Crippen molar-refractivity contribution in [3.63, 3.8) is 0 Å². The number of nitrogens with one attached hydrogen (secondary N) is 1. The zero-order valence-corrected chi connectivity index (χ0v) is 15.7. The van der Waals surface area contributed by atoms with E-state index in [0.29, 0.717) is 13.1 Å². The van der Waals surface area contributed by atoms with Gasteiger partial charge in [0, 0.05) is 38.3 Å². The highest BCUT2D eigenvalue weighted by Gasteiger charge is 2.33. The van der Waals surface area contributed by atoms with E-state index in [-0.39, 0.29) is 36.5 Å². The number of amides is 1. The van der Waals surface area contributed by atoms with Crippen molar-refractivity contribution in [3.05, 3.63) is 34.4 Å². The van der Waals surface area contributed by atoms with Gasteiger partial charge < -0.3 is 5.32 Å². The molecule has 0 spiro atoms. The third-order valence-corrected chi connectivity index (χ3v) is 6.34. The molecular weight excluding hydrogens is 360 g/mol. The Labute approximate surface area is 153 Å². The van der Waals surface area contributed by atoms with Crippen LogP contribution in [0.5, 0.6) is 0 Å². The van der Waals surface area contributed by atoms with Crippen LogP contribution in [0.1, 0.15) is 20.3 Å². The molecule has 1 aromatic rings. The van der Waals surface area contributed by atoms with E-state index in [1.165, 1.54) is 28.6 Å². The van der Waals surface area contributed by atoms with Crippen LogP contribution in [0.15, 0.2) is 29.2 Å². The van der Waals surface area contributed by atoms with Gasteiger partial charge in [0.25, 0.3) is 5.69 Å². The highest BCUT2D eigenvalue weighted by atomic mass is 32.2. The van der Waals surface area contributed by atoms with Gasteiger partial charge in [-0.25, -0.2) is 8.42 Å². The Morgan fingerprint density at radius 3 is 2.46 bits per heavy atom. The molecule has 144 valence electrons. The van der Waals surface area contributed by atoms with Crippen molar-refractivity contribution in [2.24, 2.45) is 0 Å². The quantitative estimate of drug-likeness (QED) is 0.550. The number of nitrogens with zero attached hydrogens (tertiary/aromatic N) is 3. The molecule has 9 nitrogen and oxygen atoms in total. The first-order valence-corrected chi connectivity index (χ1v) is 9.95. The summed E-state index contributed by atoms with van der Waals surface area (Å²) in [7, 11) is -3.95. The third-order valence-electron chi connectivity index (χ3n) is 4.40. The molecule has 0 bridgehead atoms. The van der Waals surface area contributed by atoms with E-state index < -0.39 is 20.6 Å². The summed E-state index contributed by atoms with van der Waals surface area (Å²) in [6.45, 7) is 5.29. The van der Waals surface area contributed by atoms with E-state index in [1.807, 2.05) is 18.7 Å². The second-order valence-corrected chi connectivity index (χ2v) is 8.19. The fourth-order valence-electron chi connectivity index (χ4n) is 2.72. The SMILES string of the molecule is CC[C@@H](C)NC(=O)CN1CCN(S(=O)(=O)c2ccccc2[N+](=O)[O-])CC1. The summed E-state index contributed by atoms with van der Waals surface area (Å²) in [5.41, 5.74) is -0.428.